The quantitative estimate of drug-likeness (QED) is 0.782. The van der Waals surface area contributed by atoms with Crippen molar-refractivity contribution in [2.75, 3.05) is 13.1 Å². The third-order valence-corrected chi connectivity index (χ3v) is 4.63. The number of rotatable bonds is 4. The number of piperidine rings is 1. The van der Waals surface area contributed by atoms with Gasteiger partial charge in [0.05, 0.1) is 5.56 Å². The summed E-state index contributed by atoms with van der Waals surface area (Å²) in [6.45, 7) is 2.95. The number of carbonyl (C=O) groups excluding carboxylic acids is 1. The van der Waals surface area contributed by atoms with E-state index in [0.717, 1.165) is 32.5 Å². The van der Waals surface area contributed by atoms with Gasteiger partial charge in [0.2, 0.25) is 0 Å². The number of amides is 1. The number of nitrogens with one attached hydrogen (secondary N) is 1. The molecular formula is C18H20N6O. The fraction of sp³-hybridized carbons (Fsp3) is 0.333. The second kappa shape index (κ2) is 6.98. The van der Waals surface area contributed by atoms with Crippen molar-refractivity contribution in [1.82, 2.24) is 30.3 Å². The van der Waals surface area contributed by atoms with Crippen LogP contribution in [0.2, 0.25) is 0 Å². The zero-order valence-corrected chi connectivity index (χ0v) is 13.9. The monoisotopic (exact) mass is 336 g/mol. The largest absolute Gasteiger partial charge is 0.349 e. The molecule has 1 aliphatic heterocycles. The summed E-state index contributed by atoms with van der Waals surface area (Å²) in [5, 5.41) is 14.4. The molecule has 7 nitrogen and oxygen atoms in total. The van der Waals surface area contributed by atoms with Crippen LogP contribution in [0.25, 0.3) is 5.65 Å². The molecule has 1 fully saturated rings. The minimum absolute atomic E-state index is 0.0705. The number of aromatic nitrogens is 4. The second-order valence-corrected chi connectivity index (χ2v) is 6.41. The van der Waals surface area contributed by atoms with Crippen LogP contribution in [0.3, 0.4) is 0 Å². The minimum Gasteiger partial charge on any atom is -0.349 e. The molecule has 7 heteroatoms. The van der Waals surface area contributed by atoms with Gasteiger partial charge in [-0.05, 0) is 41.0 Å². The van der Waals surface area contributed by atoms with E-state index in [1.54, 1.807) is 18.3 Å². The molecule has 0 bridgehead atoms. The molecule has 128 valence electrons. The number of carbonyl (C=O) groups is 1. The number of likely N-dealkylation sites (tertiary alicyclic amines) is 1. The number of hydrogen-bond donors (Lipinski definition) is 1. The van der Waals surface area contributed by atoms with E-state index >= 15 is 0 Å². The molecule has 4 rings (SSSR count). The summed E-state index contributed by atoms with van der Waals surface area (Å²) in [5.74, 6) is -0.0705. The summed E-state index contributed by atoms with van der Waals surface area (Å²) < 4.78 is 1.51. The third kappa shape index (κ3) is 3.66. The second-order valence-electron chi connectivity index (χ2n) is 6.41. The zero-order valence-electron chi connectivity index (χ0n) is 13.9. The van der Waals surface area contributed by atoms with Crippen molar-refractivity contribution in [2.45, 2.75) is 25.4 Å². The van der Waals surface area contributed by atoms with Crippen molar-refractivity contribution in [3.8, 4) is 0 Å². The van der Waals surface area contributed by atoms with Gasteiger partial charge in [0, 0.05) is 31.9 Å². The van der Waals surface area contributed by atoms with E-state index in [-0.39, 0.29) is 11.9 Å². The zero-order chi connectivity index (χ0) is 17.1. The Bertz CT molecular complexity index is 854. The van der Waals surface area contributed by atoms with Gasteiger partial charge in [0.15, 0.2) is 5.65 Å². The Hall–Kier alpha value is -2.80. The maximum atomic E-state index is 12.4. The number of tetrazole rings is 1. The van der Waals surface area contributed by atoms with Crippen molar-refractivity contribution >= 4 is 11.6 Å². The predicted octanol–water partition coefficient (Wildman–Crippen LogP) is 1.52. The van der Waals surface area contributed by atoms with Gasteiger partial charge in [-0.2, -0.15) is 4.52 Å². The Morgan fingerprint density at radius 1 is 1.12 bits per heavy atom. The van der Waals surface area contributed by atoms with E-state index in [0.29, 0.717) is 11.2 Å². The summed E-state index contributed by atoms with van der Waals surface area (Å²) in [6, 6.07) is 14.2. The van der Waals surface area contributed by atoms with E-state index in [9.17, 15) is 4.79 Å². The molecule has 2 aromatic heterocycles. The van der Waals surface area contributed by atoms with Gasteiger partial charge in [0.25, 0.3) is 5.91 Å². The Morgan fingerprint density at radius 2 is 1.92 bits per heavy atom. The van der Waals surface area contributed by atoms with Gasteiger partial charge in [-0.15, -0.1) is 5.10 Å². The molecule has 0 atom stereocenters. The highest BCUT2D eigenvalue weighted by Gasteiger charge is 2.21. The van der Waals surface area contributed by atoms with E-state index in [4.69, 9.17) is 0 Å². The number of nitrogens with zero attached hydrogens (tertiary/aromatic N) is 5. The topological polar surface area (TPSA) is 75.4 Å². The molecule has 0 aliphatic carbocycles. The van der Waals surface area contributed by atoms with Gasteiger partial charge < -0.3 is 5.32 Å². The van der Waals surface area contributed by atoms with Crippen LogP contribution in [0.1, 0.15) is 28.8 Å². The smallest absolute Gasteiger partial charge is 0.253 e. The predicted molar refractivity (Wildman–Crippen MR) is 93.0 cm³/mol. The average Bonchev–Trinajstić information content (AvgIpc) is 3.12. The van der Waals surface area contributed by atoms with E-state index in [1.165, 1.54) is 10.1 Å². The fourth-order valence-electron chi connectivity index (χ4n) is 3.22. The highest BCUT2D eigenvalue weighted by molar-refractivity contribution is 5.94. The molecule has 3 aromatic rings. The van der Waals surface area contributed by atoms with Gasteiger partial charge in [-0.3, -0.25) is 9.69 Å². The maximum Gasteiger partial charge on any atom is 0.253 e. The normalized spacial score (nSPS) is 16.2. The lowest BCUT2D eigenvalue weighted by Crippen LogP contribution is -2.44. The number of benzene rings is 1. The Morgan fingerprint density at radius 3 is 2.72 bits per heavy atom. The van der Waals surface area contributed by atoms with Crippen LogP contribution in [0.15, 0.2) is 48.7 Å². The molecule has 0 spiro atoms. The third-order valence-electron chi connectivity index (χ3n) is 4.63. The Labute approximate surface area is 145 Å². The first kappa shape index (κ1) is 15.7. The number of hydrogen-bond acceptors (Lipinski definition) is 5. The number of fused-ring (bicyclic) bond motifs is 1. The molecule has 0 unspecified atom stereocenters. The highest BCUT2D eigenvalue weighted by atomic mass is 16.1. The van der Waals surface area contributed by atoms with E-state index < -0.39 is 0 Å². The first-order chi connectivity index (χ1) is 12.3. The van der Waals surface area contributed by atoms with Crippen LogP contribution < -0.4 is 5.32 Å². The van der Waals surface area contributed by atoms with Crippen LogP contribution in [-0.2, 0) is 6.54 Å². The molecule has 1 amide bonds. The molecule has 0 radical (unpaired) electrons. The summed E-state index contributed by atoms with van der Waals surface area (Å²) in [6.07, 6.45) is 3.59. The summed E-state index contributed by atoms with van der Waals surface area (Å²) in [4.78, 5) is 14.9. The lowest BCUT2D eigenvalue weighted by Gasteiger charge is -2.32. The van der Waals surface area contributed by atoms with Crippen molar-refractivity contribution in [3.05, 3.63) is 59.8 Å². The van der Waals surface area contributed by atoms with Crippen molar-refractivity contribution < 1.29 is 4.79 Å². The first-order valence-corrected chi connectivity index (χ1v) is 8.53. The van der Waals surface area contributed by atoms with E-state index in [2.05, 4.69) is 50.0 Å². The molecule has 25 heavy (non-hydrogen) atoms. The molecule has 0 saturated carbocycles. The van der Waals surface area contributed by atoms with Gasteiger partial charge in [0.1, 0.15) is 0 Å². The van der Waals surface area contributed by atoms with Crippen LogP contribution in [0.4, 0.5) is 0 Å². The van der Waals surface area contributed by atoms with Gasteiger partial charge in [-0.1, -0.05) is 30.3 Å². The maximum absolute atomic E-state index is 12.4. The first-order valence-electron chi connectivity index (χ1n) is 8.53. The van der Waals surface area contributed by atoms with Crippen molar-refractivity contribution in [1.29, 1.82) is 0 Å². The van der Waals surface area contributed by atoms with Crippen molar-refractivity contribution in [3.63, 3.8) is 0 Å². The lowest BCUT2D eigenvalue weighted by atomic mass is 10.0. The molecule has 1 aromatic carbocycles. The lowest BCUT2D eigenvalue weighted by molar-refractivity contribution is 0.0908. The van der Waals surface area contributed by atoms with Crippen LogP contribution in [0, 0.1) is 0 Å². The molecule has 1 N–H and O–H groups in total. The summed E-state index contributed by atoms with van der Waals surface area (Å²) in [5.41, 5.74) is 2.54. The standard InChI is InChI=1S/C18H20N6O/c25-18(15-6-7-17-20-21-22-24(17)13-15)19-16-8-10-23(11-9-16)12-14-4-2-1-3-5-14/h1-7,13,16H,8-12H2,(H,19,25). The van der Waals surface area contributed by atoms with Crippen LogP contribution >= 0.6 is 0 Å². The molecule has 1 aliphatic rings. The minimum atomic E-state index is -0.0705. The Kier molecular flexibility index (Phi) is 4.39. The Balaban J connectivity index is 1.31. The summed E-state index contributed by atoms with van der Waals surface area (Å²) >= 11 is 0. The van der Waals surface area contributed by atoms with E-state index in [1.807, 2.05) is 6.07 Å². The van der Waals surface area contributed by atoms with Gasteiger partial charge in [-0.25, -0.2) is 0 Å². The van der Waals surface area contributed by atoms with Crippen LogP contribution in [-0.4, -0.2) is 50.0 Å². The summed E-state index contributed by atoms with van der Waals surface area (Å²) in [7, 11) is 0. The fourth-order valence-corrected chi connectivity index (χ4v) is 3.22. The molecular weight excluding hydrogens is 316 g/mol. The average molecular weight is 336 g/mol. The highest BCUT2D eigenvalue weighted by Crippen LogP contribution is 2.14. The van der Waals surface area contributed by atoms with Crippen molar-refractivity contribution in [2.24, 2.45) is 0 Å². The van der Waals surface area contributed by atoms with Gasteiger partial charge >= 0.3 is 0 Å². The molecule has 1 saturated heterocycles. The number of pyridine rings is 1. The SMILES string of the molecule is O=C(NC1CCN(Cc2ccccc2)CC1)c1ccc2nnnn2c1. The van der Waals surface area contributed by atoms with Crippen LogP contribution in [0.5, 0.6) is 0 Å². The molecule has 3 heterocycles.